The number of rotatable bonds is 6. The number of hydrogen-bond donors (Lipinski definition) is 0. The molecule has 3 aromatic carbocycles. The Morgan fingerprint density at radius 1 is 1.03 bits per heavy atom. The molecule has 0 atom stereocenters. The molecule has 0 saturated carbocycles. The topological polar surface area (TPSA) is 76.4 Å². The van der Waals surface area contributed by atoms with Crippen LogP contribution >= 0.6 is 11.6 Å². The van der Waals surface area contributed by atoms with E-state index < -0.39 is 10.1 Å². The normalized spacial score (nSPS) is 11.6. The van der Waals surface area contributed by atoms with E-state index in [2.05, 4.69) is 6.07 Å². The number of halogens is 1. The minimum Gasteiger partial charge on any atom is -0.493 e. The van der Waals surface area contributed by atoms with Crippen molar-refractivity contribution in [1.82, 2.24) is 0 Å². The van der Waals surface area contributed by atoms with Crippen molar-refractivity contribution < 1.29 is 17.3 Å². The minimum absolute atomic E-state index is 0.00191. The van der Waals surface area contributed by atoms with Gasteiger partial charge in [-0.2, -0.15) is 13.7 Å². The van der Waals surface area contributed by atoms with Gasteiger partial charge in [-0.25, -0.2) is 0 Å². The van der Waals surface area contributed by atoms with Gasteiger partial charge < -0.3 is 8.92 Å². The Bertz CT molecular complexity index is 1180. The van der Waals surface area contributed by atoms with Gasteiger partial charge in [0.15, 0.2) is 5.75 Å². The smallest absolute Gasteiger partial charge is 0.339 e. The average molecular weight is 426 g/mol. The van der Waals surface area contributed by atoms with Crippen LogP contribution in [0.1, 0.15) is 11.1 Å². The van der Waals surface area contributed by atoms with Crippen LogP contribution < -0.4 is 8.92 Å². The molecule has 0 heterocycles. The Morgan fingerprint density at radius 2 is 1.66 bits per heavy atom. The van der Waals surface area contributed by atoms with E-state index >= 15 is 0 Å². The lowest BCUT2D eigenvalue weighted by Gasteiger charge is -2.13. The predicted octanol–water partition coefficient (Wildman–Crippen LogP) is 5.18. The SMILES string of the molecule is COc1cc(/C=C(\C#N)c2ccccc2)cc(Cl)c1OS(=O)(=O)c1ccccc1. The largest absolute Gasteiger partial charge is 0.493 e. The molecule has 0 spiro atoms. The zero-order valence-electron chi connectivity index (χ0n) is 15.4. The van der Waals surface area contributed by atoms with Crippen LogP contribution in [0.15, 0.2) is 77.7 Å². The van der Waals surface area contributed by atoms with Gasteiger partial charge in [-0.3, -0.25) is 0 Å². The second-order valence-electron chi connectivity index (χ2n) is 5.92. The molecule has 7 heteroatoms. The summed E-state index contributed by atoms with van der Waals surface area (Å²) in [6.07, 6.45) is 1.64. The number of benzene rings is 3. The second-order valence-corrected chi connectivity index (χ2v) is 7.87. The van der Waals surface area contributed by atoms with Crippen LogP contribution in [0.5, 0.6) is 11.5 Å². The summed E-state index contributed by atoms with van der Waals surface area (Å²) in [6, 6.07) is 22.1. The van der Waals surface area contributed by atoms with Crippen molar-refractivity contribution in [3.05, 3.63) is 88.9 Å². The first-order chi connectivity index (χ1) is 13.9. The maximum Gasteiger partial charge on any atom is 0.339 e. The molecule has 0 bridgehead atoms. The van der Waals surface area contributed by atoms with Crippen LogP contribution in [-0.4, -0.2) is 15.5 Å². The van der Waals surface area contributed by atoms with Crippen LogP contribution in [0.2, 0.25) is 5.02 Å². The summed E-state index contributed by atoms with van der Waals surface area (Å²) in [5.74, 6) is 0.0157. The van der Waals surface area contributed by atoms with Gasteiger partial charge in [-0.15, -0.1) is 0 Å². The van der Waals surface area contributed by atoms with Crippen molar-refractivity contribution >= 4 is 33.4 Å². The number of methoxy groups -OCH3 is 1. The fourth-order valence-corrected chi connectivity index (χ4v) is 3.89. The Labute approximate surface area is 174 Å². The predicted molar refractivity (Wildman–Crippen MR) is 112 cm³/mol. The zero-order valence-corrected chi connectivity index (χ0v) is 16.9. The highest BCUT2D eigenvalue weighted by molar-refractivity contribution is 7.87. The quantitative estimate of drug-likeness (QED) is 0.309. The molecule has 0 aliphatic carbocycles. The lowest BCUT2D eigenvalue weighted by atomic mass is 10.0. The highest BCUT2D eigenvalue weighted by Crippen LogP contribution is 2.39. The van der Waals surface area contributed by atoms with E-state index in [4.69, 9.17) is 20.5 Å². The Morgan fingerprint density at radius 3 is 2.24 bits per heavy atom. The Hall–Kier alpha value is -3.27. The van der Waals surface area contributed by atoms with Crippen LogP contribution in [0.3, 0.4) is 0 Å². The van der Waals surface area contributed by atoms with Gasteiger partial charge >= 0.3 is 10.1 Å². The maximum absolute atomic E-state index is 12.5. The highest BCUT2D eigenvalue weighted by atomic mass is 35.5. The van der Waals surface area contributed by atoms with Gasteiger partial charge in [0.05, 0.1) is 23.8 Å². The molecule has 146 valence electrons. The molecular weight excluding hydrogens is 410 g/mol. The summed E-state index contributed by atoms with van der Waals surface area (Å²) in [7, 11) is -2.71. The van der Waals surface area contributed by atoms with Gasteiger partial charge in [-0.05, 0) is 41.5 Å². The van der Waals surface area contributed by atoms with Crippen LogP contribution in [0, 0.1) is 11.3 Å². The minimum atomic E-state index is -4.08. The van der Waals surface area contributed by atoms with Gasteiger partial charge in [-0.1, -0.05) is 60.1 Å². The van der Waals surface area contributed by atoms with Crippen molar-refractivity contribution in [2.45, 2.75) is 4.90 Å². The number of hydrogen-bond acceptors (Lipinski definition) is 5. The molecule has 3 aromatic rings. The first kappa shape index (κ1) is 20.5. The molecule has 0 aromatic heterocycles. The lowest BCUT2D eigenvalue weighted by Crippen LogP contribution is -2.10. The van der Waals surface area contributed by atoms with E-state index in [0.717, 1.165) is 5.56 Å². The zero-order chi connectivity index (χ0) is 20.9. The Balaban J connectivity index is 2.01. The Kier molecular flexibility index (Phi) is 6.23. The van der Waals surface area contributed by atoms with E-state index in [0.29, 0.717) is 11.1 Å². The van der Waals surface area contributed by atoms with Crippen molar-refractivity contribution in [1.29, 1.82) is 5.26 Å². The van der Waals surface area contributed by atoms with Gasteiger partial charge in [0.1, 0.15) is 4.90 Å². The number of nitrogens with zero attached hydrogens (tertiary/aromatic N) is 1. The highest BCUT2D eigenvalue weighted by Gasteiger charge is 2.22. The first-order valence-electron chi connectivity index (χ1n) is 8.49. The molecule has 0 amide bonds. The maximum atomic E-state index is 12.5. The van der Waals surface area contributed by atoms with Crippen molar-refractivity contribution in [3.63, 3.8) is 0 Å². The van der Waals surface area contributed by atoms with Crippen molar-refractivity contribution in [2.75, 3.05) is 7.11 Å². The van der Waals surface area contributed by atoms with E-state index in [1.165, 1.54) is 25.3 Å². The van der Waals surface area contributed by atoms with Crippen LogP contribution in [-0.2, 0) is 10.1 Å². The molecule has 0 saturated heterocycles. The van der Waals surface area contributed by atoms with Gasteiger partial charge in [0.25, 0.3) is 0 Å². The van der Waals surface area contributed by atoms with Crippen LogP contribution in [0.25, 0.3) is 11.6 Å². The number of nitriles is 1. The molecule has 0 fully saturated rings. The third kappa shape index (κ3) is 4.77. The molecule has 0 radical (unpaired) electrons. The molecule has 3 rings (SSSR count). The third-order valence-corrected chi connectivity index (χ3v) is 5.51. The third-order valence-electron chi connectivity index (χ3n) is 3.99. The van der Waals surface area contributed by atoms with Crippen molar-refractivity contribution in [3.8, 4) is 17.6 Å². The number of allylic oxidation sites excluding steroid dienone is 1. The summed E-state index contributed by atoms with van der Waals surface area (Å²) < 4.78 is 35.6. The molecule has 29 heavy (non-hydrogen) atoms. The fourth-order valence-electron chi connectivity index (χ4n) is 2.61. The van der Waals surface area contributed by atoms with E-state index in [1.807, 2.05) is 30.3 Å². The molecule has 0 aliphatic heterocycles. The first-order valence-corrected chi connectivity index (χ1v) is 10.3. The van der Waals surface area contributed by atoms with E-state index in [1.54, 1.807) is 30.3 Å². The summed E-state index contributed by atoms with van der Waals surface area (Å²) in [5.41, 5.74) is 1.74. The van der Waals surface area contributed by atoms with Crippen molar-refractivity contribution in [2.24, 2.45) is 0 Å². The standard InChI is InChI=1S/C22H16ClNO4S/c1-27-21-14-16(12-18(15-24)17-8-4-2-5-9-17)13-20(23)22(21)28-29(25,26)19-10-6-3-7-11-19/h2-14H,1H3/b18-12+. The average Bonchev–Trinajstić information content (AvgIpc) is 2.74. The summed E-state index contributed by atoms with van der Waals surface area (Å²) in [6.45, 7) is 0. The molecule has 0 aliphatic rings. The molecular formula is C22H16ClNO4S. The second kappa shape index (κ2) is 8.82. The summed E-state index contributed by atoms with van der Waals surface area (Å²) >= 11 is 6.30. The summed E-state index contributed by atoms with van der Waals surface area (Å²) in [4.78, 5) is -0.00191. The fraction of sp³-hybridized carbons (Fsp3) is 0.0455. The van der Waals surface area contributed by atoms with E-state index in [9.17, 15) is 13.7 Å². The summed E-state index contributed by atoms with van der Waals surface area (Å²) in [5, 5.41) is 9.53. The van der Waals surface area contributed by atoms with Crippen LogP contribution in [0.4, 0.5) is 0 Å². The molecule has 5 nitrogen and oxygen atoms in total. The lowest BCUT2D eigenvalue weighted by molar-refractivity contribution is 0.390. The molecule has 0 unspecified atom stereocenters. The van der Waals surface area contributed by atoms with Gasteiger partial charge in [0, 0.05) is 0 Å². The van der Waals surface area contributed by atoms with Gasteiger partial charge in [0.2, 0.25) is 5.75 Å². The number of ether oxygens (including phenoxy) is 1. The molecule has 0 N–H and O–H groups in total. The van der Waals surface area contributed by atoms with E-state index in [-0.39, 0.29) is 21.4 Å². The monoisotopic (exact) mass is 425 g/mol.